The van der Waals surface area contributed by atoms with Gasteiger partial charge in [-0.15, -0.1) is 0 Å². The molecule has 16 heavy (non-hydrogen) atoms. The van der Waals surface area contributed by atoms with Gasteiger partial charge in [-0.2, -0.15) is 5.10 Å². The second-order valence-electron chi connectivity index (χ2n) is 4.74. The van der Waals surface area contributed by atoms with E-state index >= 15 is 0 Å². The lowest BCUT2D eigenvalue weighted by Gasteiger charge is -2.22. The molecule has 0 fully saturated rings. The molecule has 1 heterocycles. The van der Waals surface area contributed by atoms with E-state index in [0.29, 0.717) is 17.9 Å². The Hall–Kier alpha value is -0.540. The lowest BCUT2D eigenvalue weighted by Crippen LogP contribution is -2.23. The molecule has 0 saturated carbocycles. The fraction of sp³-hybridized carbons (Fsp3) is 0.750. The van der Waals surface area contributed by atoms with Crippen LogP contribution in [0.1, 0.15) is 45.3 Å². The zero-order chi connectivity index (χ0) is 12.3. The first kappa shape index (κ1) is 13.5. The Balaban J connectivity index is 2.97. The van der Waals surface area contributed by atoms with Crippen LogP contribution in [0, 0.1) is 5.92 Å². The van der Waals surface area contributed by atoms with Gasteiger partial charge >= 0.3 is 0 Å². The molecule has 92 valence electrons. The van der Waals surface area contributed by atoms with Crippen LogP contribution in [0.25, 0.3) is 0 Å². The molecule has 1 aromatic rings. The van der Waals surface area contributed by atoms with Gasteiger partial charge < -0.3 is 5.32 Å². The van der Waals surface area contributed by atoms with Gasteiger partial charge in [0.15, 0.2) is 0 Å². The molecule has 0 aliphatic carbocycles. The second kappa shape index (κ2) is 5.69. The summed E-state index contributed by atoms with van der Waals surface area (Å²) in [5.41, 5.74) is 1.15. The lowest BCUT2D eigenvalue weighted by molar-refractivity contribution is 0.416. The molecular weight excluding hydrogens is 222 g/mol. The fourth-order valence-electron chi connectivity index (χ4n) is 1.96. The molecule has 0 radical (unpaired) electrons. The molecule has 1 N–H and O–H groups in total. The molecular formula is C12H22ClN3. The molecule has 0 aliphatic heterocycles. The van der Waals surface area contributed by atoms with Gasteiger partial charge in [0.1, 0.15) is 0 Å². The van der Waals surface area contributed by atoms with E-state index in [2.05, 4.69) is 38.1 Å². The normalized spacial score (nSPS) is 15.4. The molecule has 2 unspecified atom stereocenters. The number of hydrogen-bond acceptors (Lipinski definition) is 2. The van der Waals surface area contributed by atoms with Crippen molar-refractivity contribution in [2.24, 2.45) is 5.92 Å². The van der Waals surface area contributed by atoms with Gasteiger partial charge in [-0.25, -0.2) is 0 Å². The average Bonchev–Trinajstić information content (AvgIpc) is 2.59. The molecule has 0 bridgehead atoms. The zero-order valence-corrected chi connectivity index (χ0v) is 11.5. The van der Waals surface area contributed by atoms with E-state index in [1.54, 1.807) is 6.20 Å². The highest BCUT2D eigenvalue weighted by Crippen LogP contribution is 2.31. The quantitative estimate of drug-likeness (QED) is 0.862. The van der Waals surface area contributed by atoms with E-state index in [1.165, 1.54) is 0 Å². The molecule has 0 aliphatic rings. The van der Waals surface area contributed by atoms with Crippen LogP contribution in [0.2, 0.25) is 5.02 Å². The smallest absolute Gasteiger partial charge is 0.0820 e. The predicted molar refractivity (Wildman–Crippen MR) is 69.1 cm³/mol. The third kappa shape index (κ3) is 2.77. The van der Waals surface area contributed by atoms with Gasteiger partial charge in [0, 0.05) is 12.0 Å². The fourth-order valence-corrected chi connectivity index (χ4v) is 2.26. The highest BCUT2D eigenvalue weighted by molar-refractivity contribution is 6.31. The van der Waals surface area contributed by atoms with Crippen LogP contribution in [0.3, 0.4) is 0 Å². The van der Waals surface area contributed by atoms with E-state index in [1.807, 2.05) is 11.7 Å². The van der Waals surface area contributed by atoms with Crippen LogP contribution in [-0.4, -0.2) is 23.4 Å². The van der Waals surface area contributed by atoms with Crippen LogP contribution in [0.15, 0.2) is 6.20 Å². The van der Waals surface area contributed by atoms with Crippen LogP contribution >= 0.6 is 11.6 Å². The Bertz CT molecular complexity index is 333. The summed E-state index contributed by atoms with van der Waals surface area (Å²) in [4.78, 5) is 0. The predicted octanol–water partition coefficient (Wildman–Crippen LogP) is 3.08. The summed E-state index contributed by atoms with van der Waals surface area (Å²) in [6, 6.07) is 0.353. The molecule has 1 aromatic heterocycles. The SMILES string of the molecule is CNCC(C)C(C)c1c(Cl)cnn1C(C)C. The molecule has 0 amide bonds. The van der Waals surface area contributed by atoms with E-state index in [-0.39, 0.29) is 0 Å². The second-order valence-corrected chi connectivity index (χ2v) is 5.15. The number of rotatable bonds is 5. The van der Waals surface area contributed by atoms with Crippen molar-refractivity contribution in [3.63, 3.8) is 0 Å². The summed E-state index contributed by atoms with van der Waals surface area (Å²) in [6.45, 7) is 9.68. The van der Waals surface area contributed by atoms with Crippen LogP contribution in [-0.2, 0) is 0 Å². The van der Waals surface area contributed by atoms with Crippen LogP contribution in [0.5, 0.6) is 0 Å². The zero-order valence-electron chi connectivity index (χ0n) is 10.8. The summed E-state index contributed by atoms with van der Waals surface area (Å²) >= 11 is 6.22. The van der Waals surface area contributed by atoms with Crippen molar-refractivity contribution in [2.45, 2.75) is 39.7 Å². The minimum absolute atomic E-state index is 0.353. The summed E-state index contributed by atoms with van der Waals surface area (Å²) in [5.74, 6) is 0.946. The maximum absolute atomic E-state index is 6.22. The average molecular weight is 244 g/mol. The Morgan fingerprint density at radius 2 is 2.00 bits per heavy atom. The standard InChI is InChI=1S/C12H22ClN3/c1-8(2)16-12(11(13)7-15-16)10(4)9(3)6-14-5/h7-10,14H,6H2,1-5H3. The maximum Gasteiger partial charge on any atom is 0.0820 e. The van der Waals surface area contributed by atoms with Crippen LogP contribution in [0.4, 0.5) is 0 Å². The van der Waals surface area contributed by atoms with Gasteiger partial charge in [0.05, 0.1) is 16.9 Å². The number of nitrogens with zero attached hydrogens (tertiary/aromatic N) is 2. The van der Waals surface area contributed by atoms with Gasteiger partial charge in [-0.05, 0) is 33.4 Å². The third-order valence-corrected chi connectivity index (χ3v) is 3.38. The first-order valence-electron chi connectivity index (χ1n) is 5.86. The molecule has 4 heteroatoms. The highest BCUT2D eigenvalue weighted by Gasteiger charge is 2.22. The summed E-state index contributed by atoms with van der Waals surface area (Å²) in [6.07, 6.45) is 1.75. The van der Waals surface area contributed by atoms with Crippen molar-refractivity contribution in [2.75, 3.05) is 13.6 Å². The molecule has 2 atom stereocenters. The van der Waals surface area contributed by atoms with E-state index in [9.17, 15) is 0 Å². The number of aromatic nitrogens is 2. The van der Waals surface area contributed by atoms with Gasteiger partial charge in [-0.3, -0.25) is 4.68 Å². The number of hydrogen-bond donors (Lipinski definition) is 1. The summed E-state index contributed by atoms with van der Waals surface area (Å²) in [7, 11) is 1.98. The van der Waals surface area contributed by atoms with Crippen molar-refractivity contribution >= 4 is 11.6 Å². The van der Waals surface area contributed by atoms with Crippen molar-refractivity contribution in [1.82, 2.24) is 15.1 Å². The maximum atomic E-state index is 6.22. The van der Waals surface area contributed by atoms with E-state index in [4.69, 9.17) is 11.6 Å². The summed E-state index contributed by atoms with van der Waals surface area (Å²) < 4.78 is 2.03. The first-order valence-corrected chi connectivity index (χ1v) is 6.24. The monoisotopic (exact) mass is 243 g/mol. The molecule has 1 rings (SSSR count). The van der Waals surface area contributed by atoms with Gasteiger partial charge in [-0.1, -0.05) is 25.4 Å². The molecule has 0 spiro atoms. The third-order valence-electron chi connectivity index (χ3n) is 3.09. The van der Waals surface area contributed by atoms with Crippen molar-refractivity contribution < 1.29 is 0 Å². The highest BCUT2D eigenvalue weighted by atomic mass is 35.5. The Morgan fingerprint density at radius 1 is 1.38 bits per heavy atom. The van der Waals surface area contributed by atoms with Crippen molar-refractivity contribution in [1.29, 1.82) is 0 Å². The van der Waals surface area contributed by atoms with Gasteiger partial charge in [0.25, 0.3) is 0 Å². The number of halogens is 1. The first-order chi connectivity index (χ1) is 7.49. The van der Waals surface area contributed by atoms with Crippen molar-refractivity contribution in [3.05, 3.63) is 16.9 Å². The Kier molecular flexibility index (Phi) is 4.81. The molecule has 3 nitrogen and oxygen atoms in total. The van der Waals surface area contributed by atoms with Crippen molar-refractivity contribution in [3.8, 4) is 0 Å². The Morgan fingerprint density at radius 3 is 2.50 bits per heavy atom. The number of nitrogens with one attached hydrogen (secondary N) is 1. The lowest BCUT2D eigenvalue weighted by atomic mass is 9.92. The Labute approximate surface area is 103 Å². The topological polar surface area (TPSA) is 29.9 Å². The summed E-state index contributed by atoms with van der Waals surface area (Å²) in [5, 5.41) is 8.33. The van der Waals surface area contributed by atoms with Crippen LogP contribution < -0.4 is 5.32 Å². The molecule has 0 aromatic carbocycles. The molecule has 0 saturated heterocycles. The van der Waals surface area contributed by atoms with E-state index < -0.39 is 0 Å². The minimum atomic E-state index is 0.353. The largest absolute Gasteiger partial charge is 0.319 e. The van der Waals surface area contributed by atoms with E-state index in [0.717, 1.165) is 17.3 Å². The van der Waals surface area contributed by atoms with Gasteiger partial charge in [0.2, 0.25) is 0 Å². The minimum Gasteiger partial charge on any atom is -0.319 e.